The third-order valence-corrected chi connectivity index (χ3v) is 8.25. The fourth-order valence-corrected chi connectivity index (χ4v) is 6.92. The quantitative estimate of drug-likeness (QED) is 0.692. The summed E-state index contributed by atoms with van der Waals surface area (Å²) in [6.07, 6.45) is -3.64. The number of Topliss-reactive ketones (excluding diaryl/α,β-unsaturated/α-hetero) is 2. The van der Waals surface area contributed by atoms with Gasteiger partial charge < -0.3 is 15.3 Å². The molecule has 5 heteroatoms. The zero-order chi connectivity index (χ0) is 22.4. The lowest BCUT2D eigenvalue weighted by Crippen LogP contribution is -2.63. The van der Waals surface area contributed by atoms with Crippen molar-refractivity contribution in [2.45, 2.75) is 76.8 Å². The van der Waals surface area contributed by atoms with E-state index in [0.29, 0.717) is 12.8 Å². The van der Waals surface area contributed by atoms with Gasteiger partial charge >= 0.3 is 0 Å². The molecular formula is C21H32O5. The summed E-state index contributed by atoms with van der Waals surface area (Å²) < 4.78 is 34.4. The highest BCUT2D eigenvalue weighted by molar-refractivity contribution is 5.89. The first-order valence-electron chi connectivity index (χ1n) is 11.9. The van der Waals surface area contributed by atoms with E-state index < -0.39 is 71.7 Å². The van der Waals surface area contributed by atoms with E-state index in [4.69, 9.17) is 5.48 Å². The predicted octanol–water partition coefficient (Wildman–Crippen LogP) is 1.86. The Morgan fingerprint density at radius 3 is 2.77 bits per heavy atom. The predicted molar refractivity (Wildman–Crippen MR) is 95.2 cm³/mol. The summed E-state index contributed by atoms with van der Waals surface area (Å²) in [5.74, 6) is -3.80. The van der Waals surface area contributed by atoms with Crippen LogP contribution in [0, 0.1) is 34.5 Å². The van der Waals surface area contributed by atoms with Crippen molar-refractivity contribution in [3.8, 4) is 0 Å². The van der Waals surface area contributed by atoms with E-state index in [9.17, 15) is 24.9 Å². The Balaban J connectivity index is 1.80. The van der Waals surface area contributed by atoms with Crippen molar-refractivity contribution in [3.05, 3.63) is 0 Å². The van der Waals surface area contributed by atoms with Crippen LogP contribution < -0.4 is 0 Å². The number of fused-ring (bicyclic) bond motifs is 5. The van der Waals surface area contributed by atoms with E-state index in [1.807, 2.05) is 0 Å². The molecular weight excluding hydrogens is 332 g/mol. The van der Waals surface area contributed by atoms with Crippen molar-refractivity contribution in [1.82, 2.24) is 0 Å². The molecule has 0 aromatic carbocycles. The first-order chi connectivity index (χ1) is 13.8. The summed E-state index contributed by atoms with van der Waals surface area (Å²) in [7, 11) is 0. The molecule has 11 atom stereocenters. The Labute approximate surface area is 160 Å². The van der Waals surface area contributed by atoms with Crippen molar-refractivity contribution in [1.29, 1.82) is 0 Å². The van der Waals surface area contributed by atoms with Crippen molar-refractivity contribution in [3.63, 3.8) is 0 Å². The Hall–Kier alpha value is -0.780. The van der Waals surface area contributed by atoms with Crippen LogP contribution in [0.1, 0.15) is 70.6 Å². The minimum atomic E-state index is -1.73. The monoisotopic (exact) mass is 368 g/mol. The van der Waals surface area contributed by atoms with Gasteiger partial charge in [0.05, 0.1) is 6.10 Å². The van der Waals surface area contributed by atoms with Crippen LogP contribution in [0.25, 0.3) is 0 Å². The first kappa shape index (κ1) is 14.3. The second-order valence-corrected chi connectivity index (χ2v) is 9.19. The Bertz CT molecular complexity index is 780. The van der Waals surface area contributed by atoms with Gasteiger partial charge in [0.2, 0.25) is 0 Å². The van der Waals surface area contributed by atoms with Crippen LogP contribution in [0.4, 0.5) is 0 Å². The second kappa shape index (κ2) is 5.86. The second-order valence-electron chi connectivity index (χ2n) is 9.19. The molecule has 146 valence electrons. The number of ketones is 2. The SMILES string of the molecule is [2H]C1C(=O)[C@@H]([2H])[C@]2([2H])CC[C@@H]3[C@H]([C@@H](O)C[C@@]4(C)[C@H]3CC[C@]4(O)C(=O)CO)[C@@]2(C)C1[2H]. The molecule has 0 heterocycles. The number of aliphatic hydroxyl groups is 3. The molecule has 0 bridgehead atoms. The third kappa shape index (κ3) is 2.20. The maximum atomic E-state index is 12.5. The molecule has 26 heavy (non-hydrogen) atoms. The normalized spacial score (nSPS) is 67.1. The Kier molecular flexibility index (Phi) is 3.21. The maximum absolute atomic E-state index is 12.5. The van der Waals surface area contributed by atoms with Gasteiger partial charge in [0.1, 0.15) is 18.0 Å². The van der Waals surface area contributed by atoms with Gasteiger partial charge in [0.15, 0.2) is 5.78 Å². The number of aliphatic hydroxyl groups excluding tert-OH is 2. The highest BCUT2D eigenvalue weighted by Gasteiger charge is 2.68. The van der Waals surface area contributed by atoms with Gasteiger partial charge in [-0.2, -0.15) is 0 Å². The van der Waals surface area contributed by atoms with Crippen molar-refractivity contribution >= 4 is 11.6 Å². The molecule has 4 aliphatic rings. The number of hydrogen-bond donors (Lipinski definition) is 3. The molecule has 4 fully saturated rings. The molecule has 0 aliphatic heterocycles. The zero-order valence-corrected chi connectivity index (χ0v) is 15.4. The Morgan fingerprint density at radius 1 is 1.35 bits per heavy atom. The zero-order valence-electron chi connectivity index (χ0n) is 19.4. The van der Waals surface area contributed by atoms with Crippen LogP contribution in [0.3, 0.4) is 0 Å². The van der Waals surface area contributed by atoms with E-state index in [0.717, 1.165) is 0 Å². The van der Waals surface area contributed by atoms with Crippen LogP contribution in [0.2, 0.25) is 0 Å². The largest absolute Gasteiger partial charge is 0.393 e. The summed E-state index contributed by atoms with van der Waals surface area (Å²) in [6.45, 7) is 2.70. The number of carbonyl (C=O) groups excluding carboxylic acids is 2. The third-order valence-electron chi connectivity index (χ3n) is 8.25. The molecule has 0 radical (unpaired) electrons. The van der Waals surface area contributed by atoms with Gasteiger partial charge in [0.25, 0.3) is 0 Å². The average Bonchev–Trinajstić information content (AvgIpc) is 2.98. The lowest BCUT2D eigenvalue weighted by Gasteiger charge is -2.62. The molecule has 0 spiro atoms. The van der Waals surface area contributed by atoms with Gasteiger partial charge in [-0.15, -0.1) is 0 Å². The van der Waals surface area contributed by atoms with E-state index in [-0.39, 0.29) is 31.1 Å². The fraction of sp³-hybridized carbons (Fsp3) is 0.905. The summed E-state index contributed by atoms with van der Waals surface area (Å²) in [4.78, 5) is 24.9. The van der Waals surface area contributed by atoms with Gasteiger partial charge in [0, 0.05) is 23.7 Å². The van der Waals surface area contributed by atoms with E-state index >= 15 is 0 Å². The minimum Gasteiger partial charge on any atom is -0.393 e. The van der Waals surface area contributed by atoms with E-state index in [2.05, 4.69) is 0 Å². The first-order valence-corrected chi connectivity index (χ1v) is 9.66. The van der Waals surface area contributed by atoms with Gasteiger partial charge in [-0.05, 0) is 67.6 Å². The van der Waals surface area contributed by atoms with Crippen LogP contribution >= 0.6 is 0 Å². The smallest absolute Gasteiger partial charge is 0.190 e. The van der Waals surface area contributed by atoms with Gasteiger partial charge in [-0.1, -0.05) is 13.8 Å². The van der Waals surface area contributed by atoms with E-state index in [1.54, 1.807) is 13.8 Å². The molecule has 0 aromatic heterocycles. The molecule has 0 aromatic rings. The Morgan fingerprint density at radius 2 is 2.08 bits per heavy atom. The van der Waals surface area contributed by atoms with E-state index in [1.165, 1.54) is 0 Å². The summed E-state index contributed by atoms with van der Waals surface area (Å²) in [6, 6.07) is 0. The average molecular weight is 369 g/mol. The fourth-order valence-electron chi connectivity index (χ4n) is 6.92. The highest BCUT2D eigenvalue weighted by atomic mass is 16.3. The highest BCUT2D eigenvalue weighted by Crippen LogP contribution is 2.68. The molecule has 3 N–H and O–H groups in total. The standard InChI is InChI=1S/C21H32O5/c1-19-7-5-13(23)9-12(19)3-4-14-15-6-8-21(26,17(25)11-22)20(15,2)10-16(24)18(14)19/h12,14-16,18,22,24,26H,3-11H2,1-2H3/t12-,14-,15-,16-,18+,19-,20-,21-/m0/s1/i5D,7D,9D,12D/t5?,7?,9-,12-,14-,15-,16-,18+,19-,20-,21-. The van der Waals surface area contributed by atoms with Crippen LogP contribution in [0.5, 0.6) is 0 Å². The molecule has 0 saturated heterocycles. The number of hydrogen-bond acceptors (Lipinski definition) is 5. The number of carbonyl (C=O) groups is 2. The summed E-state index contributed by atoms with van der Waals surface area (Å²) >= 11 is 0. The van der Waals surface area contributed by atoms with Crippen LogP contribution in [-0.2, 0) is 9.59 Å². The molecule has 0 amide bonds. The maximum Gasteiger partial charge on any atom is 0.190 e. The van der Waals surface area contributed by atoms with Crippen LogP contribution in [0.15, 0.2) is 0 Å². The molecule has 4 saturated carbocycles. The van der Waals surface area contributed by atoms with Gasteiger partial charge in [-0.25, -0.2) is 0 Å². The molecule has 2 unspecified atom stereocenters. The van der Waals surface area contributed by atoms with Crippen molar-refractivity contribution < 1.29 is 30.4 Å². The lowest BCUT2D eigenvalue weighted by atomic mass is 9.43. The topological polar surface area (TPSA) is 94.8 Å². The summed E-state index contributed by atoms with van der Waals surface area (Å²) in [5.41, 5.74) is -3.90. The summed E-state index contributed by atoms with van der Waals surface area (Å²) in [5, 5.41) is 32.0. The molecule has 5 nitrogen and oxygen atoms in total. The minimum absolute atomic E-state index is 0.0821. The van der Waals surface area contributed by atoms with Crippen molar-refractivity contribution in [2.75, 3.05) is 6.61 Å². The molecule has 4 rings (SSSR count). The van der Waals surface area contributed by atoms with Crippen molar-refractivity contribution in [2.24, 2.45) is 34.5 Å². The van der Waals surface area contributed by atoms with Gasteiger partial charge in [-0.3, -0.25) is 9.59 Å². The molecule has 4 aliphatic carbocycles. The number of rotatable bonds is 2. The lowest BCUT2D eigenvalue weighted by molar-refractivity contribution is -0.198. The van der Waals surface area contributed by atoms with Crippen LogP contribution in [-0.4, -0.2) is 45.2 Å².